The summed E-state index contributed by atoms with van der Waals surface area (Å²) in [7, 11) is 1.56. The summed E-state index contributed by atoms with van der Waals surface area (Å²) in [5.41, 5.74) is 1.48. The smallest absolute Gasteiger partial charge is 0.254 e. The molecule has 0 unspecified atom stereocenters. The van der Waals surface area contributed by atoms with Gasteiger partial charge >= 0.3 is 0 Å². The predicted molar refractivity (Wildman–Crippen MR) is 148 cm³/mol. The number of nitrogens with zero attached hydrogens (tertiary/aromatic N) is 2. The maximum Gasteiger partial charge on any atom is 0.254 e. The molecule has 0 aliphatic carbocycles. The molecule has 0 radical (unpaired) electrons. The van der Waals surface area contributed by atoms with Crippen molar-refractivity contribution < 1.29 is 32.6 Å². The maximum absolute atomic E-state index is 13.8. The van der Waals surface area contributed by atoms with Crippen molar-refractivity contribution in [2.45, 2.75) is 19.5 Å². The van der Waals surface area contributed by atoms with E-state index in [0.29, 0.717) is 46.6 Å². The first-order chi connectivity index (χ1) is 19.9. The Bertz CT molecular complexity index is 1600. The summed E-state index contributed by atoms with van der Waals surface area (Å²) in [5.74, 6) is -0.156. The lowest BCUT2D eigenvalue weighted by molar-refractivity contribution is -0.133. The quantitative estimate of drug-likeness (QED) is 0.251. The highest BCUT2D eigenvalue weighted by Crippen LogP contribution is 2.33. The van der Waals surface area contributed by atoms with Crippen molar-refractivity contribution in [3.05, 3.63) is 106 Å². The number of hydrogen-bond donors (Lipinski definition) is 0. The molecule has 0 saturated heterocycles. The third-order valence-corrected chi connectivity index (χ3v) is 6.76. The van der Waals surface area contributed by atoms with Crippen molar-refractivity contribution in [3.8, 4) is 11.5 Å². The van der Waals surface area contributed by atoms with Gasteiger partial charge in [-0.05, 0) is 54.4 Å². The van der Waals surface area contributed by atoms with Crippen LogP contribution in [0.1, 0.15) is 27.9 Å². The molecule has 0 saturated carbocycles. The van der Waals surface area contributed by atoms with Gasteiger partial charge in [0.1, 0.15) is 17.9 Å². The highest BCUT2D eigenvalue weighted by molar-refractivity contribution is 5.97. The van der Waals surface area contributed by atoms with Gasteiger partial charge in [0, 0.05) is 32.4 Å². The molecule has 0 N–H and O–H groups in total. The fraction of sp³-hybridized carbons (Fsp3) is 0.258. The number of ether oxygens (including phenoxy) is 3. The van der Waals surface area contributed by atoms with Gasteiger partial charge in [-0.3, -0.25) is 14.4 Å². The number of hydrogen-bond acceptors (Lipinski definition) is 7. The van der Waals surface area contributed by atoms with E-state index in [4.69, 9.17) is 18.6 Å². The lowest BCUT2D eigenvalue weighted by Gasteiger charge is -2.28. The molecule has 4 aromatic rings. The number of para-hydroxylation sites is 1. The Morgan fingerprint density at radius 3 is 2.54 bits per heavy atom. The fourth-order valence-electron chi connectivity index (χ4n) is 4.60. The minimum Gasteiger partial charge on any atom is -0.464 e. The number of amides is 2. The van der Waals surface area contributed by atoms with Gasteiger partial charge in [0.05, 0.1) is 23.8 Å². The van der Waals surface area contributed by atoms with Gasteiger partial charge in [-0.25, -0.2) is 4.39 Å². The van der Waals surface area contributed by atoms with Crippen LogP contribution in [0.25, 0.3) is 11.0 Å². The van der Waals surface area contributed by atoms with Crippen LogP contribution >= 0.6 is 0 Å². The van der Waals surface area contributed by atoms with E-state index in [1.807, 2.05) is 0 Å². The van der Waals surface area contributed by atoms with Crippen molar-refractivity contribution in [2.75, 3.05) is 33.6 Å². The van der Waals surface area contributed by atoms with Crippen LogP contribution in [0.15, 0.2) is 82.2 Å². The van der Waals surface area contributed by atoms with Gasteiger partial charge in [-0.15, -0.1) is 0 Å². The van der Waals surface area contributed by atoms with Crippen molar-refractivity contribution in [1.29, 1.82) is 0 Å². The van der Waals surface area contributed by atoms with E-state index in [0.717, 1.165) is 0 Å². The monoisotopic (exact) mass is 560 g/mol. The number of halogens is 1. The predicted octanol–water partition coefficient (Wildman–Crippen LogP) is 4.37. The average Bonchev–Trinajstić information content (AvgIpc) is 3.46. The highest BCUT2D eigenvalue weighted by atomic mass is 19.1. The normalized spacial score (nSPS) is 12.0. The third-order valence-electron chi connectivity index (χ3n) is 6.76. The first-order valence-electron chi connectivity index (χ1n) is 13.1. The van der Waals surface area contributed by atoms with Crippen LogP contribution in [0.2, 0.25) is 0 Å². The first-order valence-corrected chi connectivity index (χ1v) is 13.1. The van der Waals surface area contributed by atoms with E-state index in [1.54, 1.807) is 61.7 Å². The van der Waals surface area contributed by atoms with Crippen LogP contribution in [0.5, 0.6) is 11.5 Å². The minimum atomic E-state index is -0.402. The Morgan fingerprint density at radius 1 is 0.951 bits per heavy atom. The molecule has 0 spiro atoms. The van der Waals surface area contributed by atoms with Gasteiger partial charge in [-0.2, -0.15) is 0 Å². The molecular weight excluding hydrogens is 531 g/mol. The van der Waals surface area contributed by atoms with Crippen LogP contribution in [0.3, 0.4) is 0 Å². The van der Waals surface area contributed by atoms with Gasteiger partial charge in [-0.1, -0.05) is 24.3 Å². The summed E-state index contributed by atoms with van der Waals surface area (Å²) in [6.07, 6.45) is 1.86. The molecule has 10 heteroatoms. The first kappa shape index (κ1) is 27.9. The third kappa shape index (κ3) is 6.55. The Hall–Kier alpha value is -4.70. The van der Waals surface area contributed by atoms with Crippen molar-refractivity contribution >= 4 is 22.8 Å². The molecule has 5 rings (SSSR count). The summed E-state index contributed by atoms with van der Waals surface area (Å²) in [4.78, 5) is 43.5. The Morgan fingerprint density at radius 2 is 1.73 bits per heavy atom. The summed E-state index contributed by atoms with van der Waals surface area (Å²) in [5, 5.41) is 0.401. The molecule has 0 fully saturated rings. The van der Waals surface area contributed by atoms with E-state index in [1.165, 1.54) is 28.2 Å². The molecule has 1 aliphatic heterocycles. The summed E-state index contributed by atoms with van der Waals surface area (Å²) >= 11 is 0. The van der Waals surface area contributed by atoms with Gasteiger partial charge in [0.2, 0.25) is 12.7 Å². The maximum atomic E-state index is 13.8. The molecule has 1 aromatic heterocycles. The van der Waals surface area contributed by atoms with Crippen LogP contribution < -0.4 is 14.9 Å². The van der Waals surface area contributed by atoms with Crippen molar-refractivity contribution in [1.82, 2.24) is 9.80 Å². The number of rotatable bonds is 11. The topological polar surface area (TPSA) is 98.5 Å². The van der Waals surface area contributed by atoms with Crippen molar-refractivity contribution in [3.63, 3.8) is 0 Å². The summed E-state index contributed by atoms with van der Waals surface area (Å²) in [6, 6.07) is 17.5. The van der Waals surface area contributed by atoms with Crippen molar-refractivity contribution in [2.24, 2.45) is 0 Å². The standard InChI is InChI=1S/C31H29FN2O7/c1-38-14-4-13-33(31(37)22-9-12-27-28(15-22)41-20-40-27)18-29(35)34(16-21-7-10-24(32)11-8-21)17-23-19-39-26-6-3-2-5-25(26)30(23)36/h2-3,5-12,15,19H,4,13-14,16-18,20H2,1H3. The Kier molecular flexibility index (Phi) is 8.59. The molecule has 0 bridgehead atoms. The molecule has 2 heterocycles. The largest absolute Gasteiger partial charge is 0.464 e. The molecule has 9 nitrogen and oxygen atoms in total. The van der Waals surface area contributed by atoms with Crippen LogP contribution in [0.4, 0.5) is 4.39 Å². The van der Waals surface area contributed by atoms with E-state index in [2.05, 4.69) is 0 Å². The molecule has 3 aromatic carbocycles. The van der Waals surface area contributed by atoms with Gasteiger partial charge in [0.15, 0.2) is 16.9 Å². The zero-order valence-electron chi connectivity index (χ0n) is 22.5. The Balaban J connectivity index is 1.42. The molecule has 0 atom stereocenters. The zero-order chi connectivity index (χ0) is 28.8. The summed E-state index contributed by atoms with van der Waals surface area (Å²) < 4.78 is 35.2. The second-order valence-corrected chi connectivity index (χ2v) is 9.60. The summed E-state index contributed by atoms with van der Waals surface area (Å²) in [6.45, 7) is 0.510. The SMILES string of the molecule is COCCCN(CC(=O)N(Cc1ccc(F)cc1)Cc1coc2ccccc2c1=O)C(=O)c1ccc2c(c1)OCO2. The van der Waals surface area contributed by atoms with E-state index >= 15 is 0 Å². The van der Waals surface area contributed by atoms with Crippen LogP contribution in [-0.4, -0.2) is 55.2 Å². The van der Waals surface area contributed by atoms with E-state index < -0.39 is 11.7 Å². The van der Waals surface area contributed by atoms with Crippen LogP contribution in [0, 0.1) is 5.82 Å². The Labute approximate surface area is 235 Å². The van der Waals surface area contributed by atoms with E-state index in [9.17, 15) is 18.8 Å². The minimum absolute atomic E-state index is 0.0620. The van der Waals surface area contributed by atoms with Gasteiger partial charge in [0.25, 0.3) is 5.91 Å². The lowest BCUT2D eigenvalue weighted by atomic mass is 10.1. The molecule has 1 aliphatic rings. The second-order valence-electron chi connectivity index (χ2n) is 9.60. The highest BCUT2D eigenvalue weighted by Gasteiger charge is 2.25. The van der Waals surface area contributed by atoms with Gasteiger partial charge < -0.3 is 28.4 Å². The van der Waals surface area contributed by atoms with E-state index in [-0.39, 0.29) is 49.9 Å². The number of methoxy groups -OCH3 is 1. The molecular formula is C31H29FN2O7. The zero-order valence-corrected chi connectivity index (χ0v) is 22.5. The molecule has 212 valence electrons. The number of carbonyl (C=O) groups excluding carboxylic acids is 2. The second kappa shape index (κ2) is 12.6. The number of fused-ring (bicyclic) bond motifs is 2. The molecule has 41 heavy (non-hydrogen) atoms. The van der Waals surface area contributed by atoms with Crippen LogP contribution in [-0.2, 0) is 22.6 Å². The number of carbonyl (C=O) groups is 2. The fourth-order valence-corrected chi connectivity index (χ4v) is 4.60. The number of benzene rings is 3. The average molecular weight is 561 g/mol. The molecule has 2 amide bonds. The lowest BCUT2D eigenvalue weighted by Crippen LogP contribution is -2.43.